The normalized spacial score (nSPS) is 26.2. The Kier molecular flexibility index (Phi) is 4.74. The molecule has 1 heterocycles. The second-order valence-electron chi connectivity index (χ2n) is 9.79. The SMILES string of the molecule is COC(=O)/C=C/c1ccc(C(=C2C3CC4CC(C3)CC2C4)c2ccc3[nH]ncc3c2)cc1. The summed E-state index contributed by atoms with van der Waals surface area (Å²) < 4.78 is 4.71. The minimum absolute atomic E-state index is 0.334. The van der Waals surface area contributed by atoms with E-state index in [-0.39, 0.29) is 5.97 Å². The van der Waals surface area contributed by atoms with Crippen LogP contribution in [0.15, 0.2) is 60.3 Å². The predicted octanol–water partition coefficient (Wildman–Crippen LogP) is 6.01. The molecule has 1 aromatic heterocycles. The van der Waals surface area contributed by atoms with Crippen LogP contribution in [0.4, 0.5) is 0 Å². The fraction of sp³-hybridized carbons (Fsp3) is 0.357. The molecule has 3 aromatic rings. The summed E-state index contributed by atoms with van der Waals surface area (Å²) in [6.45, 7) is 0. The number of fused-ring (bicyclic) bond motifs is 1. The van der Waals surface area contributed by atoms with Crippen molar-refractivity contribution in [2.45, 2.75) is 32.1 Å². The maximum atomic E-state index is 11.5. The van der Waals surface area contributed by atoms with Crippen LogP contribution in [0.1, 0.15) is 48.8 Å². The highest BCUT2D eigenvalue weighted by Gasteiger charge is 2.46. The van der Waals surface area contributed by atoms with Crippen LogP contribution < -0.4 is 0 Å². The number of aromatic nitrogens is 2. The number of hydrogen-bond acceptors (Lipinski definition) is 3. The molecule has 0 spiro atoms. The van der Waals surface area contributed by atoms with Gasteiger partial charge in [-0.15, -0.1) is 0 Å². The van der Waals surface area contributed by atoms with E-state index in [2.05, 4.69) is 52.7 Å². The zero-order valence-corrected chi connectivity index (χ0v) is 18.4. The van der Waals surface area contributed by atoms with Gasteiger partial charge in [-0.25, -0.2) is 4.79 Å². The Morgan fingerprint density at radius 1 is 0.969 bits per heavy atom. The molecule has 0 unspecified atom stereocenters. The zero-order valence-electron chi connectivity index (χ0n) is 18.4. The van der Waals surface area contributed by atoms with Crippen molar-refractivity contribution in [2.24, 2.45) is 23.7 Å². The smallest absolute Gasteiger partial charge is 0.330 e. The molecule has 2 aromatic carbocycles. The zero-order chi connectivity index (χ0) is 21.7. The number of carbonyl (C=O) groups excluding carboxylic acids is 1. The first-order valence-corrected chi connectivity index (χ1v) is 11.7. The topological polar surface area (TPSA) is 55.0 Å². The van der Waals surface area contributed by atoms with Crippen molar-refractivity contribution in [1.29, 1.82) is 0 Å². The van der Waals surface area contributed by atoms with Crippen LogP contribution in [-0.2, 0) is 9.53 Å². The second kappa shape index (κ2) is 7.77. The van der Waals surface area contributed by atoms with E-state index in [1.165, 1.54) is 62.0 Å². The molecule has 1 N–H and O–H groups in total. The summed E-state index contributed by atoms with van der Waals surface area (Å²) in [6, 6.07) is 15.3. The van der Waals surface area contributed by atoms with Gasteiger partial charge in [0.15, 0.2) is 0 Å². The predicted molar refractivity (Wildman–Crippen MR) is 127 cm³/mol. The monoisotopic (exact) mass is 424 g/mol. The van der Waals surface area contributed by atoms with E-state index in [9.17, 15) is 4.79 Å². The summed E-state index contributed by atoms with van der Waals surface area (Å²) in [6.07, 6.45) is 12.1. The molecule has 0 saturated heterocycles. The third kappa shape index (κ3) is 3.38. The number of benzene rings is 2. The van der Waals surface area contributed by atoms with Gasteiger partial charge in [0.2, 0.25) is 0 Å². The number of ether oxygens (including phenoxy) is 1. The van der Waals surface area contributed by atoms with Gasteiger partial charge < -0.3 is 4.74 Å². The third-order valence-corrected chi connectivity index (χ3v) is 7.85. The van der Waals surface area contributed by atoms with E-state index in [1.54, 1.807) is 5.57 Å². The lowest BCUT2D eigenvalue weighted by molar-refractivity contribution is -0.134. The van der Waals surface area contributed by atoms with Crippen LogP contribution in [0, 0.1) is 23.7 Å². The number of methoxy groups -OCH3 is 1. The number of carbonyl (C=O) groups is 1. The molecule has 4 fully saturated rings. The third-order valence-electron chi connectivity index (χ3n) is 7.85. The van der Waals surface area contributed by atoms with Crippen molar-refractivity contribution in [1.82, 2.24) is 10.2 Å². The summed E-state index contributed by atoms with van der Waals surface area (Å²) >= 11 is 0. The van der Waals surface area contributed by atoms with Crippen LogP contribution in [0.3, 0.4) is 0 Å². The lowest BCUT2D eigenvalue weighted by Crippen LogP contribution is -2.40. The van der Waals surface area contributed by atoms with Crippen LogP contribution >= 0.6 is 0 Å². The van der Waals surface area contributed by atoms with Crippen molar-refractivity contribution < 1.29 is 9.53 Å². The Bertz CT molecular complexity index is 1200. The van der Waals surface area contributed by atoms with Crippen molar-refractivity contribution in [3.8, 4) is 0 Å². The molecular formula is C28H28N2O2. The fourth-order valence-corrected chi connectivity index (χ4v) is 6.69. The highest BCUT2D eigenvalue weighted by atomic mass is 16.5. The van der Waals surface area contributed by atoms with E-state index >= 15 is 0 Å². The molecule has 0 atom stereocenters. The number of H-pyrrole nitrogens is 1. The molecule has 162 valence electrons. The highest BCUT2D eigenvalue weighted by Crippen LogP contribution is 2.58. The molecule has 0 radical (unpaired) electrons. The minimum atomic E-state index is -0.334. The molecule has 0 amide bonds. The lowest BCUT2D eigenvalue weighted by Gasteiger charge is -2.52. The minimum Gasteiger partial charge on any atom is -0.466 e. The fourth-order valence-electron chi connectivity index (χ4n) is 6.69. The van der Waals surface area contributed by atoms with Gasteiger partial charge in [0, 0.05) is 11.5 Å². The largest absolute Gasteiger partial charge is 0.466 e. The molecule has 7 rings (SSSR count). The maximum Gasteiger partial charge on any atom is 0.330 e. The number of aromatic amines is 1. The van der Waals surface area contributed by atoms with E-state index in [4.69, 9.17) is 4.74 Å². The molecule has 4 nitrogen and oxygen atoms in total. The molecule has 0 aliphatic heterocycles. The Morgan fingerprint density at radius 3 is 2.34 bits per heavy atom. The number of rotatable bonds is 4. The number of nitrogens with one attached hydrogen (secondary N) is 1. The molecule has 4 aliphatic carbocycles. The molecule has 32 heavy (non-hydrogen) atoms. The molecule has 4 heteroatoms. The number of esters is 1. The standard InChI is InChI=1S/C28H28N2O2/c1-32-26(31)9-4-17-2-5-20(6-3-17)27(21-7-8-25-24(15-21)16-29-30-25)28-22-11-18-10-19(13-22)14-23(28)12-18/h2-9,15-16,18-19,22-23H,10-14H2,1H3,(H,29,30)/b9-4+,28-27?. The molecular weight excluding hydrogens is 396 g/mol. The number of nitrogens with zero attached hydrogens (tertiary/aromatic N) is 1. The van der Waals surface area contributed by atoms with Gasteiger partial charge in [0.05, 0.1) is 18.8 Å². The molecule has 4 bridgehead atoms. The van der Waals surface area contributed by atoms with Crippen LogP contribution in [0.25, 0.3) is 22.6 Å². The molecule has 4 saturated carbocycles. The first-order valence-electron chi connectivity index (χ1n) is 11.7. The van der Waals surface area contributed by atoms with Gasteiger partial charge in [0.25, 0.3) is 0 Å². The highest BCUT2D eigenvalue weighted by molar-refractivity contribution is 5.90. The molecule has 4 aliphatic rings. The van der Waals surface area contributed by atoms with Crippen molar-refractivity contribution in [3.63, 3.8) is 0 Å². The van der Waals surface area contributed by atoms with Gasteiger partial charge in [0.1, 0.15) is 0 Å². The van der Waals surface area contributed by atoms with Crippen LogP contribution in [0.5, 0.6) is 0 Å². The summed E-state index contributed by atoms with van der Waals surface area (Å²) in [7, 11) is 1.40. The Balaban J connectivity index is 1.46. The van der Waals surface area contributed by atoms with E-state index < -0.39 is 0 Å². The van der Waals surface area contributed by atoms with E-state index in [0.29, 0.717) is 0 Å². The lowest BCUT2D eigenvalue weighted by atomic mass is 9.53. The number of allylic oxidation sites excluding steroid dienone is 1. The van der Waals surface area contributed by atoms with Crippen molar-refractivity contribution in [2.75, 3.05) is 7.11 Å². The Morgan fingerprint density at radius 2 is 1.66 bits per heavy atom. The first kappa shape index (κ1) is 19.5. The second-order valence-corrected chi connectivity index (χ2v) is 9.79. The van der Waals surface area contributed by atoms with Crippen molar-refractivity contribution >= 4 is 28.5 Å². The maximum absolute atomic E-state index is 11.5. The Hall–Kier alpha value is -3.14. The van der Waals surface area contributed by atoms with Gasteiger partial charge in [-0.2, -0.15) is 5.10 Å². The van der Waals surface area contributed by atoms with Gasteiger partial charge in [-0.05, 0) is 96.2 Å². The summed E-state index contributed by atoms with van der Waals surface area (Å²) in [5, 5.41) is 8.46. The van der Waals surface area contributed by atoms with E-state index in [1.807, 2.05) is 12.3 Å². The van der Waals surface area contributed by atoms with Gasteiger partial charge in [-0.1, -0.05) is 35.9 Å². The van der Waals surface area contributed by atoms with Gasteiger partial charge >= 0.3 is 5.97 Å². The van der Waals surface area contributed by atoms with E-state index in [0.717, 1.165) is 40.1 Å². The van der Waals surface area contributed by atoms with Crippen molar-refractivity contribution in [3.05, 3.63) is 77.0 Å². The quantitative estimate of drug-likeness (QED) is 0.412. The summed E-state index contributed by atoms with van der Waals surface area (Å²) in [4.78, 5) is 11.5. The first-order chi connectivity index (χ1) is 15.7. The van der Waals surface area contributed by atoms with Gasteiger partial charge in [-0.3, -0.25) is 5.10 Å². The average Bonchev–Trinajstić information content (AvgIpc) is 3.28. The summed E-state index contributed by atoms with van der Waals surface area (Å²) in [5.41, 5.74) is 7.75. The van der Waals surface area contributed by atoms with Crippen LogP contribution in [-0.4, -0.2) is 23.3 Å². The average molecular weight is 425 g/mol. The summed E-state index contributed by atoms with van der Waals surface area (Å²) in [5.74, 6) is 2.98. The number of hydrogen-bond donors (Lipinski definition) is 1. The Labute approximate surface area is 188 Å². The van der Waals surface area contributed by atoms with Crippen LogP contribution in [0.2, 0.25) is 0 Å².